The van der Waals surface area contributed by atoms with Gasteiger partial charge in [-0.25, -0.2) is 0 Å². The summed E-state index contributed by atoms with van der Waals surface area (Å²) >= 11 is 0. The average molecular weight is 404 g/mol. The summed E-state index contributed by atoms with van der Waals surface area (Å²) in [6, 6.07) is 0. The van der Waals surface area contributed by atoms with Crippen molar-refractivity contribution in [1.82, 2.24) is 4.90 Å². The van der Waals surface area contributed by atoms with E-state index in [1.807, 2.05) is 11.8 Å². The number of carbonyl (C=O) groups is 2. The SMILES string of the molecule is CC(=O)CCC=C(C)CCC=C(C)CCC=C(C)C(=O)N(CC(C)C)CC(C)C. The maximum Gasteiger partial charge on any atom is 0.249 e. The van der Waals surface area contributed by atoms with E-state index in [1.165, 1.54) is 11.1 Å². The van der Waals surface area contributed by atoms with Crippen molar-refractivity contribution >= 4 is 11.7 Å². The summed E-state index contributed by atoms with van der Waals surface area (Å²) in [5, 5.41) is 0. The number of ketones is 1. The molecule has 29 heavy (non-hydrogen) atoms. The third-order valence-electron chi connectivity index (χ3n) is 4.81. The van der Waals surface area contributed by atoms with Crippen LogP contribution in [0, 0.1) is 11.8 Å². The molecule has 166 valence electrons. The Morgan fingerprint density at radius 1 is 0.690 bits per heavy atom. The summed E-state index contributed by atoms with van der Waals surface area (Å²) in [4.78, 5) is 25.8. The van der Waals surface area contributed by atoms with E-state index in [2.05, 4.69) is 59.8 Å². The highest BCUT2D eigenvalue weighted by Gasteiger charge is 2.17. The average Bonchev–Trinajstić information content (AvgIpc) is 2.59. The normalized spacial score (nSPS) is 13.4. The lowest BCUT2D eigenvalue weighted by molar-refractivity contribution is -0.128. The van der Waals surface area contributed by atoms with Gasteiger partial charge in [-0.3, -0.25) is 4.79 Å². The molecule has 0 heterocycles. The molecule has 3 heteroatoms. The van der Waals surface area contributed by atoms with E-state index >= 15 is 0 Å². The van der Waals surface area contributed by atoms with Crippen LogP contribution in [-0.4, -0.2) is 29.7 Å². The van der Waals surface area contributed by atoms with E-state index in [4.69, 9.17) is 0 Å². The Labute approximate surface area is 180 Å². The molecule has 0 rings (SSSR count). The summed E-state index contributed by atoms with van der Waals surface area (Å²) in [7, 11) is 0. The van der Waals surface area contributed by atoms with Crippen LogP contribution in [0.5, 0.6) is 0 Å². The number of amides is 1. The third kappa shape index (κ3) is 14.9. The highest BCUT2D eigenvalue weighted by atomic mass is 16.2. The van der Waals surface area contributed by atoms with Crippen molar-refractivity contribution in [3.8, 4) is 0 Å². The molecule has 0 aromatic heterocycles. The van der Waals surface area contributed by atoms with E-state index in [-0.39, 0.29) is 11.7 Å². The fourth-order valence-electron chi connectivity index (χ4n) is 3.25. The second-order valence-corrected chi connectivity index (χ2v) is 9.30. The molecule has 3 nitrogen and oxygen atoms in total. The largest absolute Gasteiger partial charge is 0.338 e. The first kappa shape index (κ1) is 27.4. The number of nitrogens with zero attached hydrogens (tertiary/aromatic N) is 1. The maximum atomic E-state index is 12.8. The zero-order chi connectivity index (χ0) is 22.4. The molecule has 0 bridgehead atoms. The molecular weight excluding hydrogens is 358 g/mol. The van der Waals surface area contributed by atoms with Gasteiger partial charge in [-0.15, -0.1) is 0 Å². The zero-order valence-electron chi connectivity index (χ0n) is 20.3. The lowest BCUT2D eigenvalue weighted by Crippen LogP contribution is -2.37. The van der Waals surface area contributed by atoms with Crippen molar-refractivity contribution in [3.05, 3.63) is 34.9 Å². The van der Waals surface area contributed by atoms with E-state index in [0.29, 0.717) is 18.3 Å². The van der Waals surface area contributed by atoms with Crippen LogP contribution in [0.3, 0.4) is 0 Å². The minimum atomic E-state index is 0.181. The molecule has 0 saturated carbocycles. The summed E-state index contributed by atoms with van der Waals surface area (Å²) in [6.45, 7) is 18.2. The molecule has 0 aliphatic carbocycles. The topological polar surface area (TPSA) is 37.4 Å². The second-order valence-electron chi connectivity index (χ2n) is 9.30. The highest BCUT2D eigenvalue weighted by molar-refractivity contribution is 5.92. The first-order valence-electron chi connectivity index (χ1n) is 11.3. The molecular formula is C26H45NO2. The fourth-order valence-corrected chi connectivity index (χ4v) is 3.25. The first-order chi connectivity index (χ1) is 13.5. The van der Waals surface area contributed by atoms with Gasteiger partial charge in [0.2, 0.25) is 5.91 Å². The van der Waals surface area contributed by atoms with Gasteiger partial charge in [0.25, 0.3) is 0 Å². The van der Waals surface area contributed by atoms with Crippen molar-refractivity contribution in [1.29, 1.82) is 0 Å². The first-order valence-corrected chi connectivity index (χ1v) is 11.3. The van der Waals surface area contributed by atoms with Gasteiger partial charge >= 0.3 is 0 Å². The van der Waals surface area contributed by atoms with Crippen LogP contribution in [0.1, 0.15) is 93.9 Å². The standard InChI is InChI=1S/C26H45NO2/c1-20(2)18-27(19-21(3)4)26(29)24(7)16-10-14-22(5)12-9-13-23(6)15-11-17-25(8)28/h12,15-16,20-21H,9-11,13-14,17-19H2,1-8H3. The molecule has 0 N–H and O–H groups in total. The summed E-state index contributed by atoms with van der Waals surface area (Å²) in [5.74, 6) is 1.40. The van der Waals surface area contributed by atoms with Crippen LogP contribution in [0.2, 0.25) is 0 Å². The van der Waals surface area contributed by atoms with Gasteiger partial charge in [0.05, 0.1) is 0 Å². The maximum absolute atomic E-state index is 12.8. The monoisotopic (exact) mass is 403 g/mol. The highest BCUT2D eigenvalue weighted by Crippen LogP contribution is 2.14. The number of hydrogen-bond acceptors (Lipinski definition) is 2. The Balaban J connectivity index is 4.50. The number of Topliss-reactive ketones (excluding diaryl/α,β-unsaturated/α-hetero) is 1. The minimum Gasteiger partial charge on any atom is -0.338 e. The van der Waals surface area contributed by atoms with E-state index in [1.54, 1.807) is 6.92 Å². The second kappa shape index (κ2) is 15.2. The summed E-state index contributed by atoms with van der Waals surface area (Å²) in [5.41, 5.74) is 3.59. The zero-order valence-corrected chi connectivity index (χ0v) is 20.3. The van der Waals surface area contributed by atoms with Crippen molar-refractivity contribution in [3.63, 3.8) is 0 Å². The molecule has 0 spiro atoms. The van der Waals surface area contributed by atoms with Gasteiger partial charge in [-0.2, -0.15) is 0 Å². The number of carbonyl (C=O) groups excluding carboxylic acids is 2. The Morgan fingerprint density at radius 3 is 1.52 bits per heavy atom. The van der Waals surface area contributed by atoms with Crippen molar-refractivity contribution in [2.75, 3.05) is 13.1 Å². The smallest absolute Gasteiger partial charge is 0.249 e. The molecule has 0 aromatic rings. The summed E-state index contributed by atoms with van der Waals surface area (Å²) < 4.78 is 0. The Kier molecular flexibility index (Phi) is 14.4. The molecule has 0 unspecified atom stereocenters. The van der Waals surface area contributed by atoms with E-state index in [9.17, 15) is 9.59 Å². The Hall–Kier alpha value is -1.64. The molecule has 0 aliphatic heterocycles. The van der Waals surface area contributed by atoms with Crippen LogP contribution in [0.15, 0.2) is 34.9 Å². The van der Waals surface area contributed by atoms with Crippen LogP contribution in [-0.2, 0) is 9.59 Å². The molecule has 0 aromatic carbocycles. The molecule has 0 radical (unpaired) electrons. The predicted octanol–water partition coefficient (Wildman–Crippen LogP) is 6.90. The quantitative estimate of drug-likeness (QED) is 0.234. The van der Waals surface area contributed by atoms with Gasteiger partial charge in [0, 0.05) is 25.1 Å². The molecule has 0 fully saturated rings. The van der Waals surface area contributed by atoms with Crippen LogP contribution >= 0.6 is 0 Å². The third-order valence-corrected chi connectivity index (χ3v) is 4.81. The van der Waals surface area contributed by atoms with Crippen LogP contribution in [0.25, 0.3) is 0 Å². The fraction of sp³-hybridized carbons (Fsp3) is 0.692. The molecule has 0 atom stereocenters. The number of hydrogen-bond donors (Lipinski definition) is 0. The van der Waals surface area contributed by atoms with E-state index in [0.717, 1.165) is 50.8 Å². The Bertz CT molecular complexity index is 584. The van der Waals surface area contributed by atoms with Gasteiger partial charge in [0.15, 0.2) is 0 Å². The lowest BCUT2D eigenvalue weighted by Gasteiger charge is -2.26. The summed E-state index contributed by atoms with van der Waals surface area (Å²) in [6.07, 6.45) is 12.1. The van der Waals surface area contributed by atoms with Crippen LogP contribution in [0.4, 0.5) is 0 Å². The molecule has 0 aliphatic rings. The van der Waals surface area contributed by atoms with Gasteiger partial charge < -0.3 is 9.69 Å². The lowest BCUT2D eigenvalue weighted by atomic mass is 10.0. The van der Waals surface area contributed by atoms with Crippen molar-refractivity contribution < 1.29 is 9.59 Å². The number of rotatable bonds is 14. The van der Waals surface area contributed by atoms with Gasteiger partial charge in [-0.1, -0.05) is 57.1 Å². The minimum absolute atomic E-state index is 0.181. The number of allylic oxidation sites excluding steroid dienone is 5. The predicted molar refractivity (Wildman–Crippen MR) is 126 cm³/mol. The van der Waals surface area contributed by atoms with Gasteiger partial charge in [0.1, 0.15) is 5.78 Å². The van der Waals surface area contributed by atoms with Crippen molar-refractivity contribution in [2.24, 2.45) is 11.8 Å². The molecule has 0 saturated heterocycles. The van der Waals surface area contributed by atoms with Crippen molar-refractivity contribution in [2.45, 2.75) is 93.9 Å². The van der Waals surface area contributed by atoms with Gasteiger partial charge in [-0.05, 0) is 71.6 Å². The molecule has 1 amide bonds. The Morgan fingerprint density at radius 2 is 1.10 bits per heavy atom. The van der Waals surface area contributed by atoms with Crippen LogP contribution < -0.4 is 0 Å². The van der Waals surface area contributed by atoms with E-state index < -0.39 is 0 Å².